The first-order chi connectivity index (χ1) is 8.60. The van der Waals surface area contributed by atoms with Crippen LogP contribution >= 0.6 is 0 Å². The van der Waals surface area contributed by atoms with Crippen LogP contribution < -0.4 is 0 Å². The maximum absolute atomic E-state index is 13.0. The Balaban J connectivity index is 2.15. The monoisotopic (exact) mass is 257 g/mol. The molecule has 1 aliphatic heterocycles. The van der Waals surface area contributed by atoms with Gasteiger partial charge in [-0.25, -0.2) is 8.78 Å². The van der Waals surface area contributed by atoms with Crippen molar-refractivity contribution < 1.29 is 23.4 Å². The molecule has 6 heteroatoms. The van der Waals surface area contributed by atoms with Crippen molar-refractivity contribution in [2.24, 2.45) is 0 Å². The van der Waals surface area contributed by atoms with Crippen LogP contribution in [0.1, 0.15) is 10.4 Å². The number of hydrogen-bond donors (Lipinski definition) is 1. The van der Waals surface area contributed by atoms with E-state index in [0.717, 1.165) is 12.1 Å². The van der Waals surface area contributed by atoms with E-state index in [0.29, 0.717) is 19.2 Å². The summed E-state index contributed by atoms with van der Waals surface area (Å²) >= 11 is 0. The van der Waals surface area contributed by atoms with Gasteiger partial charge in [0.1, 0.15) is 11.6 Å². The van der Waals surface area contributed by atoms with Gasteiger partial charge in [0, 0.05) is 24.7 Å². The van der Waals surface area contributed by atoms with E-state index in [1.165, 1.54) is 4.90 Å². The van der Waals surface area contributed by atoms with Crippen LogP contribution in [0.2, 0.25) is 0 Å². The molecule has 0 aromatic heterocycles. The predicted molar refractivity (Wildman–Crippen MR) is 59.1 cm³/mol. The molecule has 1 amide bonds. The molecule has 0 bridgehead atoms. The fourth-order valence-electron chi connectivity index (χ4n) is 1.87. The van der Waals surface area contributed by atoms with Gasteiger partial charge in [0.15, 0.2) is 0 Å². The second-order valence-corrected chi connectivity index (χ2v) is 4.08. The molecule has 1 aliphatic rings. The van der Waals surface area contributed by atoms with Crippen LogP contribution in [0.5, 0.6) is 0 Å². The zero-order chi connectivity index (χ0) is 13.1. The number of morpholine rings is 1. The number of halogens is 2. The second kappa shape index (κ2) is 5.41. The molecule has 2 rings (SSSR count). The van der Waals surface area contributed by atoms with Crippen LogP contribution in [0, 0.1) is 11.6 Å². The van der Waals surface area contributed by atoms with Crippen molar-refractivity contribution in [3.8, 4) is 0 Å². The highest BCUT2D eigenvalue weighted by Gasteiger charge is 2.25. The van der Waals surface area contributed by atoms with Gasteiger partial charge in [-0.05, 0) is 12.1 Å². The van der Waals surface area contributed by atoms with Crippen molar-refractivity contribution in [1.82, 2.24) is 4.90 Å². The van der Waals surface area contributed by atoms with E-state index >= 15 is 0 Å². The van der Waals surface area contributed by atoms with E-state index in [1.54, 1.807) is 0 Å². The van der Waals surface area contributed by atoms with Gasteiger partial charge < -0.3 is 14.7 Å². The third-order valence-corrected chi connectivity index (χ3v) is 2.74. The summed E-state index contributed by atoms with van der Waals surface area (Å²) in [5.41, 5.74) is -0.0360. The van der Waals surface area contributed by atoms with E-state index in [9.17, 15) is 13.6 Å². The Morgan fingerprint density at radius 2 is 2.06 bits per heavy atom. The highest BCUT2D eigenvalue weighted by Crippen LogP contribution is 2.13. The summed E-state index contributed by atoms with van der Waals surface area (Å²) in [6, 6.07) is 2.70. The molecule has 1 unspecified atom stereocenters. The number of carbonyl (C=O) groups excluding carboxylic acids is 1. The van der Waals surface area contributed by atoms with E-state index in [4.69, 9.17) is 9.84 Å². The minimum Gasteiger partial charge on any atom is -0.394 e. The average molecular weight is 257 g/mol. The maximum Gasteiger partial charge on any atom is 0.254 e. The number of nitrogens with zero attached hydrogens (tertiary/aromatic N) is 1. The third-order valence-electron chi connectivity index (χ3n) is 2.74. The standard InChI is InChI=1S/C12H13F2NO3/c13-9-3-8(4-10(14)5-9)12(17)15-1-2-18-11(6-15)7-16/h3-5,11,16H,1-2,6-7H2. The molecule has 98 valence electrons. The van der Waals surface area contributed by atoms with Gasteiger partial charge in [0.2, 0.25) is 0 Å². The Morgan fingerprint density at radius 1 is 1.39 bits per heavy atom. The molecule has 18 heavy (non-hydrogen) atoms. The van der Waals surface area contributed by atoms with Crippen LogP contribution in [0.4, 0.5) is 8.78 Å². The molecule has 0 spiro atoms. The van der Waals surface area contributed by atoms with Crippen LogP contribution in [-0.2, 0) is 4.74 Å². The summed E-state index contributed by atoms with van der Waals surface area (Å²) in [5, 5.41) is 8.97. The SMILES string of the molecule is O=C(c1cc(F)cc(F)c1)N1CCOC(CO)C1. The Morgan fingerprint density at radius 3 is 2.67 bits per heavy atom. The Labute approximate surface area is 103 Å². The molecule has 0 radical (unpaired) electrons. The van der Waals surface area contributed by atoms with E-state index in [-0.39, 0.29) is 18.7 Å². The molecule has 1 atom stereocenters. The first kappa shape index (κ1) is 12.9. The van der Waals surface area contributed by atoms with Crippen molar-refractivity contribution in [2.75, 3.05) is 26.3 Å². The molecular weight excluding hydrogens is 244 g/mol. The lowest BCUT2D eigenvalue weighted by Gasteiger charge is -2.32. The van der Waals surface area contributed by atoms with Crippen LogP contribution in [0.3, 0.4) is 0 Å². The molecule has 1 saturated heterocycles. The lowest BCUT2D eigenvalue weighted by atomic mass is 10.1. The van der Waals surface area contributed by atoms with Crippen molar-refractivity contribution in [2.45, 2.75) is 6.10 Å². The van der Waals surface area contributed by atoms with Gasteiger partial charge in [-0.15, -0.1) is 0 Å². The lowest BCUT2D eigenvalue weighted by Crippen LogP contribution is -2.46. The van der Waals surface area contributed by atoms with Crippen LogP contribution in [0.25, 0.3) is 0 Å². The maximum atomic E-state index is 13.0. The summed E-state index contributed by atoms with van der Waals surface area (Å²) in [7, 11) is 0. The molecule has 1 aromatic carbocycles. The Hall–Kier alpha value is -1.53. The first-order valence-corrected chi connectivity index (χ1v) is 5.58. The number of aliphatic hydroxyl groups is 1. The molecule has 1 fully saturated rings. The zero-order valence-electron chi connectivity index (χ0n) is 9.60. The molecular formula is C12H13F2NO3. The van der Waals surface area contributed by atoms with Gasteiger partial charge in [0.05, 0.1) is 19.3 Å². The predicted octanol–water partition coefficient (Wildman–Crippen LogP) is 0.798. The minimum absolute atomic E-state index is 0.0360. The summed E-state index contributed by atoms with van der Waals surface area (Å²) in [6.45, 7) is 0.664. The number of aliphatic hydroxyl groups excluding tert-OH is 1. The van der Waals surface area contributed by atoms with Gasteiger partial charge in [-0.3, -0.25) is 4.79 Å². The number of ether oxygens (including phenoxy) is 1. The number of hydrogen-bond acceptors (Lipinski definition) is 3. The summed E-state index contributed by atoms with van der Waals surface area (Å²) < 4.78 is 31.2. The molecule has 1 heterocycles. The first-order valence-electron chi connectivity index (χ1n) is 5.58. The minimum atomic E-state index is -0.787. The Kier molecular flexibility index (Phi) is 3.88. The van der Waals surface area contributed by atoms with Gasteiger partial charge in [0.25, 0.3) is 5.91 Å². The average Bonchev–Trinajstić information content (AvgIpc) is 2.37. The molecule has 0 saturated carbocycles. The van der Waals surface area contributed by atoms with Crippen LogP contribution in [0.15, 0.2) is 18.2 Å². The second-order valence-electron chi connectivity index (χ2n) is 4.08. The number of rotatable bonds is 2. The van der Waals surface area contributed by atoms with Crippen molar-refractivity contribution in [3.63, 3.8) is 0 Å². The van der Waals surface area contributed by atoms with Gasteiger partial charge in [-0.1, -0.05) is 0 Å². The third kappa shape index (κ3) is 2.83. The van der Waals surface area contributed by atoms with E-state index in [2.05, 4.69) is 0 Å². The van der Waals surface area contributed by atoms with Crippen molar-refractivity contribution in [3.05, 3.63) is 35.4 Å². The van der Waals surface area contributed by atoms with Crippen molar-refractivity contribution in [1.29, 1.82) is 0 Å². The summed E-state index contributed by atoms with van der Waals surface area (Å²) in [5.74, 6) is -2.04. The quantitative estimate of drug-likeness (QED) is 0.852. The molecule has 0 aliphatic carbocycles. The van der Waals surface area contributed by atoms with Gasteiger partial charge >= 0.3 is 0 Å². The number of carbonyl (C=O) groups is 1. The number of benzene rings is 1. The van der Waals surface area contributed by atoms with Gasteiger partial charge in [-0.2, -0.15) is 0 Å². The Bertz CT molecular complexity index is 433. The smallest absolute Gasteiger partial charge is 0.254 e. The topological polar surface area (TPSA) is 49.8 Å². The normalized spacial score (nSPS) is 19.9. The fraction of sp³-hybridized carbons (Fsp3) is 0.417. The largest absolute Gasteiger partial charge is 0.394 e. The molecule has 1 aromatic rings. The molecule has 1 N–H and O–H groups in total. The fourth-order valence-corrected chi connectivity index (χ4v) is 1.87. The zero-order valence-corrected chi connectivity index (χ0v) is 9.60. The van der Waals surface area contributed by atoms with Crippen LogP contribution in [-0.4, -0.2) is 48.3 Å². The summed E-state index contributed by atoms with van der Waals surface area (Å²) in [6.07, 6.45) is -0.443. The van der Waals surface area contributed by atoms with E-state index in [1.807, 2.05) is 0 Å². The number of amides is 1. The highest BCUT2D eigenvalue weighted by atomic mass is 19.1. The van der Waals surface area contributed by atoms with Crippen molar-refractivity contribution >= 4 is 5.91 Å². The lowest BCUT2D eigenvalue weighted by molar-refractivity contribution is -0.0447. The summed E-state index contributed by atoms with van der Waals surface area (Å²) in [4.78, 5) is 13.4. The highest BCUT2D eigenvalue weighted by molar-refractivity contribution is 5.94. The molecule has 4 nitrogen and oxygen atoms in total. The van der Waals surface area contributed by atoms with E-state index < -0.39 is 23.6 Å².